The molecule has 2 heterocycles. The summed E-state index contributed by atoms with van der Waals surface area (Å²) >= 11 is 3.39. The number of carbonyl (C=O) groups is 1. The molecule has 2 aromatic carbocycles. The molecule has 4 aromatic rings. The summed E-state index contributed by atoms with van der Waals surface area (Å²) in [5, 5.41) is 0.503. The number of ketones is 1. The molecule has 0 aliphatic heterocycles. The van der Waals surface area contributed by atoms with Gasteiger partial charge in [-0.15, -0.1) is 0 Å². The Morgan fingerprint density at radius 2 is 1.77 bits per heavy atom. The zero-order valence-corrected chi connectivity index (χ0v) is 18.8. The molecule has 0 aliphatic carbocycles. The lowest BCUT2D eigenvalue weighted by Gasteiger charge is -2.13. The highest BCUT2D eigenvalue weighted by Gasteiger charge is 2.17. The van der Waals surface area contributed by atoms with Crippen LogP contribution in [0.2, 0.25) is 0 Å². The van der Waals surface area contributed by atoms with E-state index < -0.39 is 0 Å². The number of halogens is 1. The minimum Gasteiger partial charge on any atom is -0.491 e. The quantitative estimate of drug-likeness (QED) is 0.282. The van der Waals surface area contributed by atoms with E-state index in [-0.39, 0.29) is 22.9 Å². The molecule has 0 atom stereocenters. The first-order valence-corrected chi connectivity index (χ1v) is 10.8. The van der Waals surface area contributed by atoms with Crippen molar-refractivity contribution < 1.29 is 9.53 Å². The van der Waals surface area contributed by atoms with Crippen LogP contribution in [-0.4, -0.2) is 21.4 Å². The largest absolute Gasteiger partial charge is 0.491 e. The van der Waals surface area contributed by atoms with E-state index in [1.807, 2.05) is 48.7 Å². The highest BCUT2D eigenvalue weighted by Crippen LogP contribution is 2.19. The minimum atomic E-state index is -0.317. The molecule has 0 N–H and O–H groups in total. The van der Waals surface area contributed by atoms with Gasteiger partial charge in [0.15, 0.2) is 5.78 Å². The minimum absolute atomic E-state index is 0.0425. The fourth-order valence-corrected chi connectivity index (χ4v) is 3.84. The normalized spacial score (nSPS) is 11.1. The van der Waals surface area contributed by atoms with Crippen molar-refractivity contribution in [1.82, 2.24) is 9.55 Å². The number of rotatable bonds is 6. The van der Waals surface area contributed by atoms with E-state index in [9.17, 15) is 9.59 Å². The number of para-hydroxylation sites is 1. The topological polar surface area (TPSA) is 61.2 Å². The molecule has 0 saturated heterocycles. The van der Waals surface area contributed by atoms with Gasteiger partial charge in [-0.1, -0.05) is 18.2 Å². The second kappa shape index (κ2) is 8.86. The highest BCUT2D eigenvalue weighted by atomic mass is 79.9. The molecule has 6 heteroatoms. The maximum Gasteiger partial charge on any atom is 0.200 e. The summed E-state index contributed by atoms with van der Waals surface area (Å²) in [6.07, 6.45) is 1.68. The number of pyridine rings is 2. The molecule has 0 bridgehead atoms. The lowest BCUT2D eigenvalue weighted by atomic mass is 10.0. The first kappa shape index (κ1) is 21.0. The molecular weight excluding hydrogens is 456 g/mol. The van der Waals surface area contributed by atoms with Gasteiger partial charge in [0.1, 0.15) is 10.4 Å². The average molecular weight is 477 g/mol. The lowest BCUT2D eigenvalue weighted by molar-refractivity contribution is 0.103. The number of hydrogen-bond donors (Lipinski definition) is 0. The van der Waals surface area contributed by atoms with Crippen LogP contribution in [0.3, 0.4) is 0 Å². The van der Waals surface area contributed by atoms with Crippen molar-refractivity contribution in [2.24, 2.45) is 0 Å². The third-order valence-electron chi connectivity index (χ3n) is 4.83. The molecule has 0 radical (unpaired) electrons. The van der Waals surface area contributed by atoms with Crippen molar-refractivity contribution in [3.63, 3.8) is 0 Å². The number of hydrogen-bond acceptors (Lipinski definition) is 4. The SMILES string of the molecule is CC(C)Oc1ccc(C(=O)c2cn(Cc3cccc(Br)n3)c3ccccc3c2=O)cc1. The number of fused-ring (bicyclic) bond motifs is 1. The van der Waals surface area contributed by atoms with Crippen LogP contribution in [0.5, 0.6) is 5.75 Å². The Morgan fingerprint density at radius 3 is 2.48 bits per heavy atom. The number of benzene rings is 2. The zero-order valence-electron chi connectivity index (χ0n) is 17.2. The fraction of sp³-hybridized carbons (Fsp3) is 0.160. The number of ether oxygens (including phenoxy) is 1. The van der Waals surface area contributed by atoms with Gasteiger partial charge >= 0.3 is 0 Å². The zero-order chi connectivity index (χ0) is 22.0. The molecule has 0 amide bonds. The van der Waals surface area contributed by atoms with Crippen molar-refractivity contribution in [1.29, 1.82) is 0 Å². The van der Waals surface area contributed by atoms with E-state index >= 15 is 0 Å². The van der Waals surface area contributed by atoms with E-state index in [4.69, 9.17) is 4.74 Å². The van der Waals surface area contributed by atoms with Crippen LogP contribution in [-0.2, 0) is 6.54 Å². The molecule has 0 unspecified atom stereocenters. The van der Waals surface area contributed by atoms with E-state index in [1.165, 1.54) is 0 Å². The predicted octanol–water partition coefficient (Wildman–Crippen LogP) is 5.23. The van der Waals surface area contributed by atoms with Crippen LogP contribution in [0, 0.1) is 0 Å². The van der Waals surface area contributed by atoms with Gasteiger partial charge in [-0.2, -0.15) is 0 Å². The molecule has 31 heavy (non-hydrogen) atoms. The van der Waals surface area contributed by atoms with Crippen molar-refractivity contribution in [3.8, 4) is 5.75 Å². The summed E-state index contributed by atoms with van der Waals surface area (Å²) in [6, 6.07) is 19.9. The maximum absolute atomic E-state index is 13.2. The highest BCUT2D eigenvalue weighted by molar-refractivity contribution is 9.10. The standard InChI is InChI=1S/C25H21BrN2O3/c1-16(2)31-19-12-10-17(11-13-19)24(29)21-15-28(14-18-6-5-9-23(26)27-18)22-8-4-3-7-20(22)25(21)30/h3-13,15-16H,14H2,1-2H3. The molecular formula is C25H21BrN2O3. The molecule has 156 valence electrons. The first-order valence-electron chi connectivity index (χ1n) is 9.97. The molecule has 2 aromatic heterocycles. The Balaban J connectivity index is 1.78. The Labute approximate surface area is 188 Å². The van der Waals surface area contributed by atoms with Crippen LogP contribution >= 0.6 is 15.9 Å². The monoisotopic (exact) mass is 476 g/mol. The van der Waals surface area contributed by atoms with Crippen LogP contribution in [0.1, 0.15) is 35.5 Å². The van der Waals surface area contributed by atoms with Crippen LogP contribution in [0.25, 0.3) is 10.9 Å². The van der Waals surface area contributed by atoms with Gasteiger partial charge < -0.3 is 9.30 Å². The third-order valence-corrected chi connectivity index (χ3v) is 5.27. The van der Waals surface area contributed by atoms with Gasteiger partial charge in [-0.05, 0) is 78.3 Å². The summed E-state index contributed by atoms with van der Waals surface area (Å²) in [5.41, 5.74) is 1.87. The second-order valence-corrected chi connectivity index (χ2v) is 8.30. The molecule has 0 saturated carbocycles. The third kappa shape index (κ3) is 4.59. The van der Waals surface area contributed by atoms with Gasteiger partial charge in [0.25, 0.3) is 0 Å². The number of nitrogens with zero attached hydrogens (tertiary/aromatic N) is 2. The predicted molar refractivity (Wildman–Crippen MR) is 125 cm³/mol. The second-order valence-electron chi connectivity index (χ2n) is 7.49. The summed E-state index contributed by atoms with van der Waals surface area (Å²) in [5.74, 6) is 0.367. The molecule has 4 rings (SSSR count). The van der Waals surface area contributed by atoms with E-state index in [0.29, 0.717) is 23.2 Å². The Kier molecular flexibility index (Phi) is 6.00. The molecule has 0 spiro atoms. The van der Waals surface area contributed by atoms with E-state index in [2.05, 4.69) is 20.9 Å². The van der Waals surface area contributed by atoms with Gasteiger partial charge in [0.2, 0.25) is 5.43 Å². The van der Waals surface area contributed by atoms with E-state index in [0.717, 1.165) is 15.8 Å². The summed E-state index contributed by atoms with van der Waals surface area (Å²) < 4.78 is 8.27. The maximum atomic E-state index is 13.2. The first-order chi connectivity index (χ1) is 14.9. The summed E-state index contributed by atoms with van der Waals surface area (Å²) in [6.45, 7) is 4.31. The smallest absolute Gasteiger partial charge is 0.200 e. The average Bonchev–Trinajstić information content (AvgIpc) is 2.75. The van der Waals surface area contributed by atoms with Crippen LogP contribution in [0.15, 0.2) is 82.3 Å². The molecule has 5 nitrogen and oxygen atoms in total. The molecule has 0 fully saturated rings. The van der Waals surface area contributed by atoms with E-state index in [1.54, 1.807) is 42.6 Å². The van der Waals surface area contributed by atoms with Gasteiger partial charge in [-0.25, -0.2) is 4.98 Å². The van der Waals surface area contributed by atoms with Crippen LogP contribution < -0.4 is 10.2 Å². The number of aromatic nitrogens is 2. The van der Waals surface area contributed by atoms with Crippen LogP contribution in [0.4, 0.5) is 0 Å². The van der Waals surface area contributed by atoms with Crippen molar-refractivity contribution in [2.45, 2.75) is 26.5 Å². The van der Waals surface area contributed by atoms with Crippen molar-refractivity contribution >= 4 is 32.6 Å². The van der Waals surface area contributed by atoms with Gasteiger partial charge in [0, 0.05) is 17.1 Å². The van der Waals surface area contributed by atoms with Gasteiger partial charge in [0.05, 0.1) is 29.4 Å². The Bertz CT molecular complexity index is 1310. The molecule has 0 aliphatic rings. The Hall–Kier alpha value is -3.25. The lowest BCUT2D eigenvalue weighted by Crippen LogP contribution is -2.20. The Morgan fingerprint density at radius 1 is 1.03 bits per heavy atom. The van der Waals surface area contributed by atoms with Crippen molar-refractivity contribution in [3.05, 3.63) is 105 Å². The van der Waals surface area contributed by atoms with Gasteiger partial charge in [-0.3, -0.25) is 9.59 Å². The fourth-order valence-electron chi connectivity index (χ4n) is 3.46. The summed E-state index contributed by atoms with van der Waals surface area (Å²) in [7, 11) is 0. The summed E-state index contributed by atoms with van der Waals surface area (Å²) in [4.78, 5) is 30.8. The number of carbonyl (C=O) groups excluding carboxylic acids is 1. The van der Waals surface area contributed by atoms with Crippen molar-refractivity contribution in [2.75, 3.05) is 0 Å².